The van der Waals surface area contributed by atoms with Gasteiger partial charge in [-0.3, -0.25) is 0 Å². The fourth-order valence-electron chi connectivity index (χ4n) is 1.95. The Morgan fingerprint density at radius 1 is 1.21 bits per heavy atom. The van der Waals surface area contributed by atoms with Gasteiger partial charge in [-0.15, -0.1) is 0 Å². The summed E-state index contributed by atoms with van der Waals surface area (Å²) in [7, 11) is 3.62. The number of nitrogens with two attached hydrogens (primary N) is 1. The molecule has 0 aromatic heterocycles. The van der Waals surface area contributed by atoms with E-state index in [0.29, 0.717) is 6.54 Å². The van der Waals surface area contributed by atoms with E-state index in [9.17, 15) is 0 Å². The molecule has 0 fully saturated rings. The first-order valence-corrected chi connectivity index (χ1v) is 6.37. The number of ether oxygens (including phenoxy) is 1. The first-order valence-electron chi connectivity index (χ1n) is 6.00. The lowest BCUT2D eigenvalue weighted by molar-refractivity contribution is 0.415. The minimum Gasteiger partial charge on any atom is -0.497 e. The molecule has 0 saturated heterocycles. The van der Waals surface area contributed by atoms with E-state index in [-0.39, 0.29) is 0 Å². The molecule has 0 bridgehead atoms. The molecule has 0 aliphatic carbocycles. The Morgan fingerprint density at radius 3 is 2.63 bits per heavy atom. The predicted octanol–water partition coefficient (Wildman–Crippen LogP) is 3.57. The number of hydrogen-bond acceptors (Lipinski definition) is 3. The van der Waals surface area contributed by atoms with E-state index in [1.54, 1.807) is 7.11 Å². The van der Waals surface area contributed by atoms with Crippen LogP contribution in [0, 0.1) is 0 Å². The minimum atomic E-state index is 0.692. The molecular weight excluding hydrogens is 260 g/mol. The molecule has 2 aromatic rings. The maximum Gasteiger partial charge on any atom is 0.121 e. The molecule has 3 nitrogen and oxygen atoms in total. The minimum absolute atomic E-state index is 0.692. The number of anilines is 2. The first kappa shape index (κ1) is 13.6. The predicted molar refractivity (Wildman–Crippen MR) is 81.0 cm³/mol. The van der Waals surface area contributed by atoms with Crippen molar-refractivity contribution in [1.82, 2.24) is 0 Å². The van der Waals surface area contributed by atoms with Gasteiger partial charge in [-0.05, 0) is 23.8 Å². The standard InChI is InChI=1S/C15H17ClN2O/c1-18(10-11-5-3-4-6-13(11)16)15-9-12(19-2)7-8-14(15)17/h3-9H,10,17H2,1-2H3. The fraction of sp³-hybridized carbons (Fsp3) is 0.200. The van der Waals surface area contributed by atoms with E-state index >= 15 is 0 Å². The van der Waals surface area contributed by atoms with E-state index in [1.807, 2.05) is 49.5 Å². The van der Waals surface area contributed by atoms with Gasteiger partial charge < -0.3 is 15.4 Å². The van der Waals surface area contributed by atoms with Crippen molar-refractivity contribution in [2.24, 2.45) is 0 Å². The topological polar surface area (TPSA) is 38.5 Å². The lowest BCUT2D eigenvalue weighted by Crippen LogP contribution is -2.18. The Morgan fingerprint density at radius 2 is 1.95 bits per heavy atom. The number of benzene rings is 2. The van der Waals surface area contributed by atoms with Crippen molar-refractivity contribution in [2.45, 2.75) is 6.54 Å². The maximum atomic E-state index is 6.17. The van der Waals surface area contributed by atoms with Crippen LogP contribution < -0.4 is 15.4 Å². The Bertz CT molecular complexity index is 572. The zero-order valence-corrected chi connectivity index (χ0v) is 11.8. The number of hydrogen-bond donors (Lipinski definition) is 1. The molecule has 4 heteroatoms. The van der Waals surface area contributed by atoms with Crippen LogP contribution in [0.1, 0.15) is 5.56 Å². The summed E-state index contributed by atoms with van der Waals surface area (Å²) >= 11 is 6.17. The van der Waals surface area contributed by atoms with Gasteiger partial charge in [0.2, 0.25) is 0 Å². The van der Waals surface area contributed by atoms with Crippen molar-refractivity contribution in [2.75, 3.05) is 24.8 Å². The lowest BCUT2D eigenvalue weighted by Gasteiger charge is -2.22. The van der Waals surface area contributed by atoms with E-state index < -0.39 is 0 Å². The summed E-state index contributed by atoms with van der Waals surface area (Å²) in [6.45, 7) is 0.692. The quantitative estimate of drug-likeness (QED) is 0.868. The molecule has 0 spiro atoms. The molecule has 19 heavy (non-hydrogen) atoms. The second-order valence-electron chi connectivity index (χ2n) is 4.37. The second-order valence-corrected chi connectivity index (χ2v) is 4.78. The van der Waals surface area contributed by atoms with E-state index in [0.717, 1.165) is 27.7 Å². The van der Waals surface area contributed by atoms with Gasteiger partial charge in [0.15, 0.2) is 0 Å². The van der Waals surface area contributed by atoms with Gasteiger partial charge in [-0.1, -0.05) is 29.8 Å². The fourth-order valence-corrected chi connectivity index (χ4v) is 2.14. The smallest absolute Gasteiger partial charge is 0.121 e. The van der Waals surface area contributed by atoms with Crippen LogP contribution in [0.25, 0.3) is 0 Å². The van der Waals surface area contributed by atoms with Gasteiger partial charge in [-0.25, -0.2) is 0 Å². The zero-order chi connectivity index (χ0) is 13.8. The van der Waals surface area contributed by atoms with E-state index in [4.69, 9.17) is 22.1 Å². The Kier molecular flexibility index (Phi) is 4.17. The highest BCUT2D eigenvalue weighted by molar-refractivity contribution is 6.31. The average molecular weight is 277 g/mol. The summed E-state index contributed by atoms with van der Waals surface area (Å²) in [5, 5.41) is 0.760. The average Bonchev–Trinajstić information content (AvgIpc) is 2.42. The normalized spacial score (nSPS) is 10.3. The molecule has 0 radical (unpaired) electrons. The first-order chi connectivity index (χ1) is 9.11. The summed E-state index contributed by atoms with van der Waals surface area (Å²) < 4.78 is 5.23. The van der Waals surface area contributed by atoms with Gasteiger partial charge in [-0.2, -0.15) is 0 Å². The number of methoxy groups -OCH3 is 1. The van der Waals surface area contributed by atoms with Gasteiger partial charge >= 0.3 is 0 Å². The Hall–Kier alpha value is -1.87. The molecule has 2 rings (SSSR count). The maximum absolute atomic E-state index is 6.17. The summed E-state index contributed by atoms with van der Waals surface area (Å²) in [5.74, 6) is 0.787. The lowest BCUT2D eigenvalue weighted by atomic mass is 10.2. The summed E-state index contributed by atoms with van der Waals surface area (Å²) in [4.78, 5) is 2.05. The van der Waals surface area contributed by atoms with Gasteiger partial charge in [0.05, 0.1) is 18.5 Å². The van der Waals surface area contributed by atoms with Crippen molar-refractivity contribution in [3.8, 4) is 5.75 Å². The van der Waals surface area contributed by atoms with Crippen molar-refractivity contribution in [3.05, 3.63) is 53.1 Å². The second kappa shape index (κ2) is 5.85. The molecule has 2 N–H and O–H groups in total. The largest absolute Gasteiger partial charge is 0.497 e. The number of nitrogens with zero attached hydrogens (tertiary/aromatic N) is 1. The van der Waals surface area contributed by atoms with Crippen molar-refractivity contribution < 1.29 is 4.74 Å². The van der Waals surface area contributed by atoms with Crippen LogP contribution in [0.4, 0.5) is 11.4 Å². The van der Waals surface area contributed by atoms with E-state index in [2.05, 4.69) is 4.90 Å². The van der Waals surface area contributed by atoms with Gasteiger partial charge in [0.25, 0.3) is 0 Å². The molecule has 0 aliphatic heterocycles. The summed E-state index contributed by atoms with van der Waals surface area (Å²) in [6.07, 6.45) is 0. The third-order valence-corrected chi connectivity index (χ3v) is 3.38. The van der Waals surface area contributed by atoms with Crippen molar-refractivity contribution in [3.63, 3.8) is 0 Å². The van der Waals surface area contributed by atoms with Gasteiger partial charge in [0, 0.05) is 24.7 Å². The molecular formula is C15H17ClN2O. The SMILES string of the molecule is COc1ccc(N)c(N(C)Cc2ccccc2Cl)c1. The highest BCUT2D eigenvalue weighted by Gasteiger charge is 2.09. The molecule has 0 atom stereocenters. The molecule has 0 aliphatic rings. The van der Waals surface area contributed by atoms with Crippen LogP contribution in [-0.4, -0.2) is 14.2 Å². The molecule has 0 saturated carbocycles. The summed E-state index contributed by atoms with van der Waals surface area (Å²) in [5.41, 5.74) is 8.72. The summed E-state index contributed by atoms with van der Waals surface area (Å²) in [6, 6.07) is 13.4. The number of halogens is 1. The molecule has 2 aromatic carbocycles. The van der Waals surface area contributed by atoms with Crippen LogP contribution in [-0.2, 0) is 6.54 Å². The van der Waals surface area contributed by atoms with Gasteiger partial charge in [0.1, 0.15) is 5.75 Å². The van der Waals surface area contributed by atoms with Crippen LogP contribution in [0.2, 0.25) is 5.02 Å². The molecule has 0 unspecified atom stereocenters. The van der Waals surface area contributed by atoms with Crippen LogP contribution in [0.15, 0.2) is 42.5 Å². The number of nitrogen functional groups attached to an aromatic ring is 1. The molecule has 100 valence electrons. The van der Waals surface area contributed by atoms with Crippen LogP contribution in [0.5, 0.6) is 5.75 Å². The number of rotatable bonds is 4. The van der Waals surface area contributed by atoms with E-state index in [1.165, 1.54) is 0 Å². The monoisotopic (exact) mass is 276 g/mol. The third kappa shape index (κ3) is 3.12. The Labute approximate surface area is 118 Å². The highest BCUT2D eigenvalue weighted by atomic mass is 35.5. The molecule has 0 heterocycles. The van der Waals surface area contributed by atoms with Crippen molar-refractivity contribution >= 4 is 23.0 Å². The van der Waals surface area contributed by atoms with Crippen molar-refractivity contribution in [1.29, 1.82) is 0 Å². The Balaban J connectivity index is 2.25. The molecule has 0 amide bonds. The van der Waals surface area contributed by atoms with Crippen LogP contribution in [0.3, 0.4) is 0 Å². The third-order valence-electron chi connectivity index (χ3n) is 3.01. The van der Waals surface area contributed by atoms with Crippen LogP contribution >= 0.6 is 11.6 Å². The highest BCUT2D eigenvalue weighted by Crippen LogP contribution is 2.29. The zero-order valence-electron chi connectivity index (χ0n) is 11.1.